The number of nitro benzene ring substituents is 1. The molecule has 0 radical (unpaired) electrons. The first-order chi connectivity index (χ1) is 16.8. The second kappa shape index (κ2) is 10.4. The second-order valence-corrected chi connectivity index (χ2v) is 8.18. The van der Waals surface area contributed by atoms with Crippen molar-refractivity contribution < 1.29 is 18.8 Å². The predicted octanol–water partition coefficient (Wildman–Crippen LogP) is 5.77. The number of hydrogen-bond donors (Lipinski definition) is 1. The van der Waals surface area contributed by atoms with Crippen LogP contribution in [0.5, 0.6) is 5.75 Å². The molecular formula is C25H20ClFN4O4. The van der Waals surface area contributed by atoms with Gasteiger partial charge in [-0.1, -0.05) is 29.8 Å². The summed E-state index contributed by atoms with van der Waals surface area (Å²) in [5, 5.41) is 18.2. The number of nitro groups is 1. The van der Waals surface area contributed by atoms with Gasteiger partial charge in [-0.3, -0.25) is 19.6 Å². The maximum Gasteiger partial charge on any atom is 0.272 e. The summed E-state index contributed by atoms with van der Waals surface area (Å²) in [6.07, 6.45) is 3.06. The number of amides is 1. The van der Waals surface area contributed by atoms with Gasteiger partial charge < -0.3 is 10.1 Å². The van der Waals surface area contributed by atoms with Crippen LogP contribution in [0.25, 0.3) is 0 Å². The molecule has 0 bridgehead atoms. The highest BCUT2D eigenvalue weighted by Gasteiger charge is 2.13. The minimum Gasteiger partial charge on any atom is -0.489 e. The Morgan fingerprint density at radius 2 is 2.00 bits per heavy atom. The molecule has 1 N–H and O–H groups in total. The fourth-order valence-corrected chi connectivity index (χ4v) is 3.68. The molecule has 0 spiro atoms. The molecule has 0 saturated carbocycles. The lowest BCUT2D eigenvalue weighted by Gasteiger charge is -2.09. The van der Waals surface area contributed by atoms with E-state index in [2.05, 4.69) is 10.4 Å². The Hall–Kier alpha value is -4.24. The maximum atomic E-state index is 14.0. The van der Waals surface area contributed by atoms with Gasteiger partial charge in [0, 0.05) is 34.0 Å². The molecule has 4 rings (SSSR count). The number of halogens is 2. The zero-order valence-electron chi connectivity index (χ0n) is 18.6. The Balaban J connectivity index is 1.39. The van der Waals surface area contributed by atoms with Crippen molar-refractivity contribution in [2.75, 3.05) is 5.32 Å². The monoisotopic (exact) mass is 494 g/mol. The van der Waals surface area contributed by atoms with E-state index in [9.17, 15) is 19.3 Å². The van der Waals surface area contributed by atoms with E-state index in [0.717, 1.165) is 5.56 Å². The number of hydrogen-bond acceptors (Lipinski definition) is 5. The van der Waals surface area contributed by atoms with Crippen molar-refractivity contribution in [3.63, 3.8) is 0 Å². The summed E-state index contributed by atoms with van der Waals surface area (Å²) in [6.45, 7) is 1.94. The Kier molecular flexibility index (Phi) is 7.07. The third-order valence-electron chi connectivity index (χ3n) is 5.23. The number of carbonyl (C=O) groups excluding carboxylic acids is 1. The Morgan fingerprint density at radius 3 is 2.74 bits per heavy atom. The summed E-state index contributed by atoms with van der Waals surface area (Å²) in [5.74, 6) is -0.284. The molecule has 8 nitrogen and oxygen atoms in total. The topological polar surface area (TPSA) is 99.3 Å². The van der Waals surface area contributed by atoms with Crippen LogP contribution < -0.4 is 10.1 Å². The lowest BCUT2D eigenvalue weighted by atomic mass is 10.1. The van der Waals surface area contributed by atoms with Gasteiger partial charge in [0.15, 0.2) is 0 Å². The van der Waals surface area contributed by atoms with Crippen LogP contribution in [0.2, 0.25) is 5.02 Å². The summed E-state index contributed by atoms with van der Waals surface area (Å²) in [6, 6.07) is 15.9. The molecule has 3 aromatic carbocycles. The normalized spacial score (nSPS) is 10.7. The Morgan fingerprint density at radius 1 is 1.20 bits per heavy atom. The van der Waals surface area contributed by atoms with Crippen molar-refractivity contribution >= 4 is 28.9 Å². The number of benzene rings is 3. The van der Waals surface area contributed by atoms with Gasteiger partial charge in [-0.05, 0) is 48.9 Å². The van der Waals surface area contributed by atoms with Crippen LogP contribution in [0.3, 0.4) is 0 Å². The Bertz CT molecular complexity index is 1390. The molecule has 0 aliphatic rings. The van der Waals surface area contributed by atoms with Crippen LogP contribution in [0, 0.1) is 22.9 Å². The number of carbonyl (C=O) groups is 1. The van der Waals surface area contributed by atoms with Crippen molar-refractivity contribution in [2.24, 2.45) is 0 Å². The molecule has 1 aromatic heterocycles. The van der Waals surface area contributed by atoms with Crippen LogP contribution in [-0.2, 0) is 13.2 Å². The highest BCUT2D eigenvalue weighted by Crippen LogP contribution is 2.24. The molecule has 0 aliphatic heterocycles. The van der Waals surface area contributed by atoms with Crippen molar-refractivity contribution in [1.29, 1.82) is 0 Å². The quantitative estimate of drug-likeness (QED) is 0.247. The molecule has 10 heteroatoms. The van der Waals surface area contributed by atoms with Crippen molar-refractivity contribution in [3.05, 3.63) is 116 Å². The van der Waals surface area contributed by atoms with Crippen molar-refractivity contribution in [1.82, 2.24) is 9.78 Å². The molecule has 1 amide bonds. The highest BCUT2D eigenvalue weighted by atomic mass is 35.5. The van der Waals surface area contributed by atoms with Crippen LogP contribution >= 0.6 is 11.6 Å². The number of ether oxygens (including phenoxy) is 1. The highest BCUT2D eigenvalue weighted by molar-refractivity contribution is 6.31. The summed E-state index contributed by atoms with van der Waals surface area (Å²) in [4.78, 5) is 23.2. The Labute approximate surface area is 205 Å². The molecule has 0 aliphatic carbocycles. The van der Waals surface area contributed by atoms with E-state index in [1.165, 1.54) is 35.1 Å². The summed E-state index contributed by atoms with van der Waals surface area (Å²) in [7, 11) is 0. The average molecular weight is 495 g/mol. The van der Waals surface area contributed by atoms with Gasteiger partial charge in [0.1, 0.15) is 18.2 Å². The predicted molar refractivity (Wildman–Crippen MR) is 129 cm³/mol. The van der Waals surface area contributed by atoms with Gasteiger partial charge in [-0.15, -0.1) is 0 Å². The smallest absolute Gasteiger partial charge is 0.272 e. The van der Waals surface area contributed by atoms with E-state index in [-0.39, 0.29) is 24.7 Å². The SMILES string of the molecule is Cc1cc(OCc2cccc(C(=O)Nc3cnn(Cc4c(F)cccc4Cl)c3)c2)ccc1[N+](=O)[O-]. The van der Waals surface area contributed by atoms with Crippen LogP contribution in [-0.4, -0.2) is 20.6 Å². The van der Waals surface area contributed by atoms with Gasteiger partial charge in [-0.2, -0.15) is 5.10 Å². The van der Waals surface area contributed by atoms with Crippen molar-refractivity contribution in [2.45, 2.75) is 20.1 Å². The number of anilines is 1. The average Bonchev–Trinajstić information content (AvgIpc) is 3.27. The van der Waals surface area contributed by atoms with Gasteiger partial charge >= 0.3 is 0 Å². The minimum atomic E-state index is -0.444. The van der Waals surface area contributed by atoms with E-state index in [1.807, 2.05) is 6.07 Å². The number of nitrogens with one attached hydrogen (secondary N) is 1. The van der Waals surface area contributed by atoms with Gasteiger partial charge in [0.2, 0.25) is 0 Å². The van der Waals surface area contributed by atoms with E-state index >= 15 is 0 Å². The van der Waals surface area contributed by atoms with Gasteiger partial charge in [-0.25, -0.2) is 4.39 Å². The molecule has 1 heterocycles. The van der Waals surface area contributed by atoms with Crippen LogP contribution in [0.1, 0.15) is 27.0 Å². The fraction of sp³-hybridized carbons (Fsp3) is 0.120. The first kappa shape index (κ1) is 23.9. The van der Waals surface area contributed by atoms with Crippen LogP contribution in [0.15, 0.2) is 73.1 Å². The lowest BCUT2D eigenvalue weighted by Crippen LogP contribution is -2.12. The standard InChI is InChI=1S/C25H20ClFN4O4/c1-16-10-20(8-9-24(16)31(33)34)35-15-17-4-2-5-18(11-17)25(32)29-19-12-28-30(13-19)14-21-22(26)6-3-7-23(21)27/h2-13H,14-15H2,1H3,(H,29,32). The zero-order valence-corrected chi connectivity index (χ0v) is 19.3. The fourth-order valence-electron chi connectivity index (χ4n) is 3.45. The maximum absolute atomic E-state index is 14.0. The van der Waals surface area contributed by atoms with E-state index < -0.39 is 10.7 Å². The van der Waals surface area contributed by atoms with E-state index in [1.54, 1.807) is 43.5 Å². The van der Waals surface area contributed by atoms with Gasteiger partial charge in [0.25, 0.3) is 11.6 Å². The number of rotatable bonds is 8. The second-order valence-electron chi connectivity index (χ2n) is 7.78. The van der Waals surface area contributed by atoms with Gasteiger partial charge in [0.05, 0.1) is 23.4 Å². The third kappa shape index (κ3) is 5.82. The molecule has 0 unspecified atom stereocenters. The molecule has 35 heavy (non-hydrogen) atoms. The van der Waals surface area contributed by atoms with Crippen molar-refractivity contribution in [3.8, 4) is 5.75 Å². The molecule has 178 valence electrons. The summed E-state index contributed by atoms with van der Waals surface area (Å²) < 4.78 is 21.2. The lowest BCUT2D eigenvalue weighted by molar-refractivity contribution is -0.385. The molecule has 0 fully saturated rings. The van der Waals surface area contributed by atoms with E-state index in [4.69, 9.17) is 16.3 Å². The summed E-state index contributed by atoms with van der Waals surface area (Å²) >= 11 is 6.07. The minimum absolute atomic E-state index is 0.0244. The molecule has 4 aromatic rings. The number of nitrogens with zero attached hydrogens (tertiary/aromatic N) is 3. The summed E-state index contributed by atoms with van der Waals surface area (Å²) in [5.41, 5.74) is 2.45. The molecule has 0 saturated heterocycles. The first-order valence-corrected chi connectivity index (χ1v) is 10.9. The number of aryl methyl sites for hydroxylation is 1. The number of aromatic nitrogens is 2. The molecular weight excluding hydrogens is 475 g/mol. The van der Waals surface area contributed by atoms with E-state index in [0.29, 0.717) is 33.1 Å². The molecule has 0 atom stereocenters. The first-order valence-electron chi connectivity index (χ1n) is 10.5. The largest absolute Gasteiger partial charge is 0.489 e. The third-order valence-corrected chi connectivity index (χ3v) is 5.59. The van der Waals surface area contributed by atoms with Crippen LogP contribution in [0.4, 0.5) is 15.8 Å². The zero-order chi connectivity index (χ0) is 24.9.